The van der Waals surface area contributed by atoms with Gasteiger partial charge in [-0.15, -0.1) is 0 Å². The lowest BCUT2D eigenvalue weighted by atomic mass is 10.0. The number of benzene rings is 3. The van der Waals surface area contributed by atoms with Gasteiger partial charge in [0, 0.05) is 18.8 Å². The molecular formula is C33H42N2O4. The molecule has 0 saturated heterocycles. The fourth-order valence-corrected chi connectivity index (χ4v) is 4.36. The number of hydrogen-bond acceptors (Lipinski definition) is 3. The lowest BCUT2D eigenvalue weighted by molar-refractivity contribution is -0.154. The topological polar surface area (TPSA) is 78.9 Å². The van der Waals surface area contributed by atoms with E-state index in [0.717, 1.165) is 35.2 Å². The number of carboxylic acids is 1. The SMILES string of the molecule is CCCCCCCN(CCc1cccc(OC(C)(CC)C(=O)O)c1)C(=O)Nc1ccc(-c2ccccc2)cc1. The number of carbonyl (C=O) groups excluding carboxylic acids is 1. The highest BCUT2D eigenvalue weighted by atomic mass is 16.5. The Morgan fingerprint density at radius 1 is 0.846 bits per heavy atom. The molecule has 0 saturated carbocycles. The molecule has 39 heavy (non-hydrogen) atoms. The van der Waals surface area contributed by atoms with Crippen LogP contribution in [0.25, 0.3) is 11.1 Å². The number of nitrogens with zero attached hydrogens (tertiary/aromatic N) is 1. The van der Waals surface area contributed by atoms with Crippen LogP contribution < -0.4 is 10.1 Å². The predicted molar refractivity (Wildman–Crippen MR) is 158 cm³/mol. The summed E-state index contributed by atoms with van der Waals surface area (Å²) in [5.41, 5.74) is 2.72. The molecule has 1 unspecified atom stereocenters. The van der Waals surface area contributed by atoms with E-state index < -0.39 is 11.6 Å². The van der Waals surface area contributed by atoms with E-state index in [1.54, 1.807) is 19.9 Å². The zero-order valence-corrected chi connectivity index (χ0v) is 23.5. The van der Waals surface area contributed by atoms with E-state index in [-0.39, 0.29) is 6.03 Å². The van der Waals surface area contributed by atoms with E-state index in [0.29, 0.717) is 31.7 Å². The second-order valence-electron chi connectivity index (χ2n) is 10.2. The van der Waals surface area contributed by atoms with E-state index in [9.17, 15) is 14.7 Å². The molecule has 3 aromatic carbocycles. The fourth-order valence-electron chi connectivity index (χ4n) is 4.36. The highest BCUT2D eigenvalue weighted by molar-refractivity contribution is 5.89. The number of nitrogens with one attached hydrogen (secondary N) is 1. The van der Waals surface area contributed by atoms with Crippen molar-refractivity contribution in [1.29, 1.82) is 0 Å². The normalized spacial score (nSPS) is 12.4. The van der Waals surface area contributed by atoms with Crippen molar-refractivity contribution in [3.8, 4) is 16.9 Å². The Morgan fingerprint density at radius 3 is 2.21 bits per heavy atom. The number of ether oxygens (including phenoxy) is 1. The number of unbranched alkanes of at least 4 members (excludes halogenated alkanes) is 4. The summed E-state index contributed by atoms with van der Waals surface area (Å²) in [4.78, 5) is 26.8. The molecule has 2 N–H and O–H groups in total. The molecule has 6 heteroatoms. The molecule has 0 aliphatic carbocycles. The van der Waals surface area contributed by atoms with Crippen molar-refractivity contribution in [2.75, 3.05) is 18.4 Å². The summed E-state index contributed by atoms with van der Waals surface area (Å²) < 4.78 is 5.84. The Balaban J connectivity index is 1.65. The van der Waals surface area contributed by atoms with Gasteiger partial charge in [0.2, 0.25) is 5.60 Å². The number of carboxylic acid groups (broad SMARTS) is 1. The van der Waals surface area contributed by atoms with Gasteiger partial charge >= 0.3 is 12.0 Å². The second-order valence-corrected chi connectivity index (χ2v) is 10.2. The maximum Gasteiger partial charge on any atom is 0.347 e. The molecule has 0 aliphatic heterocycles. The Hall–Kier alpha value is -3.80. The minimum absolute atomic E-state index is 0.116. The van der Waals surface area contributed by atoms with Crippen molar-refractivity contribution < 1.29 is 19.4 Å². The summed E-state index contributed by atoms with van der Waals surface area (Å²) in [6.07, 6.45) is 6.61. The van der Waals surface area contributed by atoms with Crippen LogP contribution in [0.5, 0.6) is 5.75 Å². The average molecular weight is 531 g/mol. The Bertz CT molecular complexity index is 1180. The van der Waals surface area contributed by atoms with Crippen LogP contribution in [0.4, 0.5) is 10.5 Å². The molecule has 3 rings (SSSR count). The molecule has 6 nitrogen and oxygen atoms in total. The van der Waals surface area contributed by atoms with Crippen molar-refractivity contribution in [3.63, 3.8) is 0 Å². The maximum atomic E-state index is 13.3. The van der Waals surface area contributed by atoms with Crippen molar-refractivity contribution in [1.82, 2.24) is 4.90 Å². The second kappa shape index (κ2) is 15.0. The number of urea groups is 1. The largest absolute Gasteiger partial charge is 0.478 e. The van der Waals surface area contributed by atoms with Crippen LogP contribution in [-0.2, 0) is 11.2 Å². The van der Waals surface area contributed by atoms with Gasteiger partial charge in [-0.3, -0.25) is 0 Å². The monoisotopic (exact) mass is 530 g/mol. The quantitative estimate of drug-likeness (QED) is 0.195. The number of amides is 2. The summed E-state index contributed by atoms with van der Waals surface area (Å²) in [7, 11) is 0. The van der Waals surface area contributed by atoms with E-state index in [1.807, 2.05) is 65.6 Å². The van der Waals surface area contributed by atoms with Gasteiger partial charge in [0.1, 0.15) is 5.75 Å². The van der Waals surface area contributed by atoms with Gasteiger partial charge in [-0.2, -0.15) is 0 Å². The Morgan fingerprint density at radius 2 is 1.54 bits per heavy atom. The Labute approximate surface area is 233 Å². The molecule has 1 atom stereocenters. The van der Waals surface area contributed by atoms with Crippen LogP contribution in [0.3, 0.4) is 0 Å². The van der Waals surface area contributed by atoms with E-state index in [1.165, 1.54) is 19.3 Å². The lowest BCUT2D eigenvalue weighted by Gasteiger charge is -2.25. The van der Waals surface area contributed by atoms with E-state index in [2.05, 4.69) is 24.4 Å². The van der Waals surface area contributed by atoms with Crippen LogP contribution in [-0.4, -0.2) is 40.7 Å². The van der Waals surface area contributed by atoms with Crippen molar-refractivity contribution in [3.05, 3.63) is 84.4 Å². The minimum Gasteiger partial charge on any atom is -0.478 e. The minimum atomic E-state index is -1.28. The van der Waals surface area contributed by atoms with Gasteiger partial charge in [-0.05, 0) is 67.1 Å². The van der Waals surface area contributed by atoms with E-state index in [4.69, 9.17) is 4.74 Å². The highest BCUT2D eigenvalue weighted by Crippen LogP contribution is 2.24. The van der Waals surface area contributed by atoms with Gasteiger partial charge in [0.05, 0.1) is 0 Å². The molecule has 0 bridgehead atoms. The summed E-state index contributed by atoms with van der Waals surface area (Å²) in [5, 5.41) is 12.6. The van der Waals surface area contributed by atoms with Crippen molar-refractivity contribution in [2.45, 2.75) is 71.3 Å². The van der Waals surface area contributed by atoms with Gasteiger partial charge in [0.15, 0.2) is 0 Å². The molecule has 0 fully saturated rings. The van der Waals surface area contributed by atoms with E-state index >= 15 is 0 Å². The number of aliphatic carboxylic acids is 1. The molecule has 208 valence electrons. The molecule has 0 spiro atoms. The van der Waals surface area contributed by atoms with Gasteiger partial charge in [0.25, 0.3) is 0 Å². The summed E-state index contributed by atoms with van der Waals surface area (Å²) >= 11 is 0. The van der Waals surface area contributed by atoms with Crippen LogP contribution in [0.15, 0.2) is 78.9 Å². The summed E-state index contributed by atoms with van der Waals surface area (Å²) in [6, 6.07) is 25.5. The van der Waals surface area contributed by atoms with Gasteiger partial charge in [-0.25, -0.2) is 9.59 Å². The first-order valence-corrected chi connectivity index (χ1v) is 14.1. The number of anilines is 1. The average Bonchev–Trinajstić information content (AvgIpc) is 2.95. The zero-order valence-electron chi connectivity index (χ0n) is 23.5. The van der Waals surface area contributed by atoms with Gasteiger partial charge in [-0.1, -0.05) is 94.1 Å². The summed E-state index contributed by atoms with van der Waals surface area (Å²) in [6.45, 7) is 6.80. The Kier molecular flexibility index (Phi) is 11.4. The third-order valence-electron chi connectivity index (χ3n) is 7.10. The van der Waals surface area contributed by atoms with Crippen LogP contribution >= 0.6 is 0 Å². The third-order valence-corrected chi connectivity index (χ3v) is 7.10. The highest BCUT2D eigenvalue weighted by Gasteiger charge is 2.33. The zero-order chi connectivity index (χ0) is 28.1. The van der Waals surface area contributed by atoms with Crippen LogP contribution in [0.1, 0.15) is 64.9 Å². The first kappa shape index (κ1) is 29.8. The molecule has 0 aromatic heterocycles. The predicted octanol–water partition coefficient (Wildman–Crippen LogP) is 8.03. The number of carbonyl (C=O) groups is 2. The molecule has 0 aliphatic rings. The van der Waals surface area contributed by atoms with Crippen molar-refractivity contribution in [2.24, 2.45) is 0 Å². The molecule has 0 heterocycles. The third kappa shape index (κ3) is 9.17. The maximum absolute atomic E-state index is 13.3. The molecule has 0 radical (unpaired) electrons. The molecular weight excluding hydrogens is 488 g/mol. The first-order chi connectivity index (χ1) is 18.8. The number of hydrogen-bond donors (Lipinski definition) is 2. The lowest BCUT2D eigenvalue weighted by Crippen LogP contribution is -2.40. The van der Waals surface area contributed by atoms with Crippen LogP contribution in [0.2, 0.25) is 0 Å². The molecule has 3 aromatic rings. The summed E-state index contributed by atoms with van der Waals surface area (Å²) in [5.74, 6) is -0.466. The van der Waals surface area contributed by atoms with Gasteiger partial charge < -0.3 is 20.1 Å². The number of rotatable bonds is 15. The first-order valence-electron chi connectivity index (χ1n) is 14.1. The molecule has 2 amide bonds. The standard InChI is InChI=1S/C33H42N2O4/c1-4-6-7-8-12-23-35(24-22-26-14-13-17-30(25-26)39-33(3,5-2)31(36)37)32(38)34-29-20-18-28(19-21-29)27-15-10-9-11-16-27/h9-11,13-21,25H,4-8,12,22-24H2,1-3H3,(H,34,38)(H,36,37). The van der Waals surface area contributed by atoms with Crippen molar-refractivity contribution >= 4 is 17.7 Å². The fraction of sp³-hybridized carbons (Fsp3) is 0.394. The smallest absolute Gasteiger partial charge is 0.347 e. The van der Waals surface area contributed by atoms with Crippen LogP contribution in [0, 0.1) is 0 Å².